The summed E-state index contributed by atoms with van der Waals surface area (Å²) in [4.78, 5) is 25.3. The summed E-state index contributed by atoms with van der Waals surface area (Å²) in [6.07, 6.45) is 0.984. The zero-order valence-electron chi connectivity index (χ0n) is 13.8. The highest BCUT2D eigenvalue weighted by molar-refractivity contribution is 6.31. The van der Waals surface area contributed by atoms with Crippen molar-refractivity contribution in [2.45, 2.75) is 33.6 Å². The number of halogens is 1. The van der Waals surface area contributed by atoms with Gasteiger partial charge in [0.2, 0.25) is 0 Å². The van der Waals surface area contributed by atoms with Gasteiger partial charge in [0.15, 0.2) is 5.78 Å². The van der Waals surface area contributed by atoms with Gasteiger partial charge in [0.05, 0.1) is 5.69 Å². The van der Waals surface area contributed by atoms with E-state index in [4.69, 9.17) is 11.6 Å². The molecule has 3 rings (SSSR count). The lowest BCUT2D eigenvalue weighted by molar-refractivity contribution is 0.0909. The van der Waals surface area contributed by atoms with Gasteiger partial charge in [0, 0.05) is 22.7 Å². The van der Waals surface area contributed by atoms with Crippen molar-refractivity contribution in [1.29, 1.82) is 5.26 Å². The van der Waals surface area contributed by atoms with Gasteiger partial charge in [-0.3, -0.25) is 14.2 Å². The summed E-state index contributed by atoms with van der Waals surface area (Å²) in [5, 5.41) is 9.82. The standard InChI is InChI=1S/C19H17ClN2O2/c1-11-4-5-13(7-15(11)20)22-16-8-19(2,3)9-17(23)14(16)6-12(10-21)18(22)24/h4-7H,8-9H2,1-3H3. The van der Waals surface area contributed by atoms with E-state index in [0.29, 0.717) is 34.8 Å². The zero-order valence-corrected chi connectivity index (χ0v) is 14.6. The monoisotopic (exact) mass is 340 g/mol. The molecule has 0 aliphatic heterocycles. The Labute approximate surface area is 145 Å². The molecule has 0 amide bonds. The van der Waals surface area contributed by atoms with Crippen molar-refractivity contribution in [3.8, 4) is 11.8 Å². The fourth-order valence-electron chi connectivity index (χ4n) is 3.19. The van der Waals surface area contributed by atoms with E-state index in [2.05, 4.69) is 0 Å². The van der Waals surface area contributed by atoms with E-state index in [1.165, 1.54) is 10.6 Å². The number of fused-ring (bicyclic) bond motifs is 1. The van der Waals surface area contributed by atoms with Crippen LogP contribution in [0.25, 0.3) is 5.69 Å². The molecule has 5 heteroatoms. The van der Waals surface area contributed by atoms with Gasteiger partial charge in [0.1, 0.15) is 11.6 Å². The molecule has 1 aromatic carbocycles. The van der Waals surface area contributed by atoms with Crippen LogP contribution in [0, 0.1) is 23.7 Å². The molecule has 0 atom stereocenters. The molecule has 0 bridgehead atoms. The predicted molar refractivity (Wildman–Crippen MR) is 92.9 cm³/mol. The number of aryl methyl sites for hydroxylation is 1. The van der Waals surface area contributed by atoms with Crippen molar-refractivity contribution in [1.82, 2.24) is 4.57 Å². The van der Waals surface area contributed by atoms with Gasteiger partial charge in [-0.2, -0.15) is 5.26 Å². The minimum Gasteiger partial charge on any atom is -0.294 e. The number of pyridine rings is 1. The summed E-state index contributed by atoms with van der Waals surface area (Å²) in [6.45, 7) is 5.88. The molecular formula is C19H17ClN2O2. The summed E-state index contributed by atoms with van der Waals surface area (Å²) < 4.78 is 1.47. The molecule has 1 heterocycles. The van der Waals surface area contributed by atoms with Crippen molar-refractivity contribution >= 4 is 17.4 Å². The van der Waals surface area contributed by atoms with Crippen molar-refractivity contribution in [3.05, 3.63) is 62.0 Å². The van der Waals surface area contributed by atoms with E-state index >= 15 is 0 Å². The van der Waals surface area contributed by atoms with Crippen molar-refractivity contribution in [2.75, 3.05) is 0 Å². The number of Topliss-reactive ketones (excluding diaryl/α,β-unsaturated/α-hetero) is 1. The number of aromatic nitrogens is 1. The van der Waals surface area contributed by atoms with E-state index in [9.17, 15) is 14.9 Å². The van der Waals surface area contributed by atoms with Crippen molar-refractivity contribution < 1.29 is 4.79 Å². The predicted octanol–water partition coefficient (Wildman–Crippen LogP) is 3.83. The number of ketones is 1. The molecule has 0 saturated heterocycles. The topological polar surface area (TPSA) is 62.9 Å². The summed E-state index contributed by atoms with van der Waals surface area (Å²) in [6, 6.07) is 8.65. The molecule has 122 valence electrons. The molecule has 0 fully saturated rings. The van der Waals surface area contributed by atoms with Crippen LogP contribution in [0.1, 0.15) is 47.4 Å². The molecule has 0 N–H and O–H groups in total. The largest absolute Gasteiger partial charge is 0.294 e. The summed E-state index contributed by atoms with van der Waals surface area (Å²) in [5.41, 5.74) is 1.91. The molecule has 1 aromatic heterocycles. The van der Waals surface area contributed by atoms with Crippen LogP contribution >= 0.6 is 11.6 Å². The second kappa shape index (κ2) is 5.61. The molecular weight excluding hydrogens is 324 g/mol. The van der Waals surface area contributed by atoms with Crippen LogP contribution in [-0.4, -0.2) is 10.4 Å². The number of carbonyl (C=O) groups is 1. The summed E-state index contributed by atoms with van der Waals surface area (Å²) >= 11 is 6.21. The molecule has 0 unspecified atom stereocenters. The number of hydrogen-bond acceptors (Lipinski definition) is 3. The Balaban J connectivity index is 2.38. The van der Waals surface area contributed by atoms with Gasteiger partial charge in [-0.1, -0.05) is 31.5 Å². The van der Waals surface area contributed by atoms with Crippen LogP contribution in [0.2, 0.25) is 5.02 Å². The summed E-state index contributed by atoms with van der Waals surface area (Å²) in [5.74, 6) is -0.0373. The van der Waals surface area contributed by atoms with Gasteiger partial charge < -0.3 is 0 Å². The lowest BCUT2D eigenvalue weighted by Gasteiger charge is -2.32. The Kier molecular flexibility index (Phi) is 3.85. The van der Waals surface area contributed by atoms with Crippen LogP contribution in [0.4, 0.5) is 0 Å². The first-order valence-electron chi connectivity index (χ1n) is 7.72. The van der Waals surface area contributed by atoms with Gasteiger partial charge in [-0.25, -0.2) is 0 Å². The molecule has 2 aromatic rings. The van der Waals surface area contributed by atoms with Gasteiger partial charge in [-0.15, -0.1) is 0 Å². The Hall–Kier alpha value is -2.38. The molecule has 24 heavy (non-hydrogen) atoms. The average Bonchev–Trinajstić information content (AvgIpc) is 2.49. The first kappa shape index (κ1) is 16.5. The maximum absolute atomic E-state index is 12.8. The highest BCUT2D eigenvalue weighted by Gasteiger charge is 2.34. The Morgan fingerprint density at radius 3 is 2.54 bits per heavy atom. The van der Waals surface area contributed by atoms with Gasteiger partial charge in [-0.05, 0) is 42.5 Å². The Bertz CT molecular complexity index is 965. The Morgan fingerprint density at radius 2 is 1.92 bits per heavy atom. The molecule has 1 aliphatic rings. The summed E-state index contributed by atoms with van der Waals surface area (Å²) in [7, 11) is 0. The van der Waals surface area contributed by atoms with E-state index in [1.807, 2.05) is 32.9 Å². The highest BCUT2D eigenvalue weighted by Crippen LogP contribution is 2.35. The van der Waals surface area contributed by atoms with Crippen molar-refractivity contribution in [2.24, 2.45) is 5.41 Å². The molecule has 1 aliphatic carbocycles. The van der Waals surface area contributed by atoms with E-state index < -0.39 is 5.56 Å². The van der Waals surface area contributed by atoms with E-state index in [-0.39, 0.29) is 16.8 Å². The number of carbonyl (C=O) groups excluding carboxylic acids is 1. The number of benzene rings is 1. The lowest BCUT2D eigenvalue weighted by atomic mass is 9.75. The molecule has 4 nitrogen and oxygen atoms in total. The number of hydrogen-bond donors (Lipinski definition) is 0. The van der Waals surface area contributed by atoms with Crippen LogP contribution in [0.5, 0.6) is 0 Å². The SMILES string of the molecule is Cc1ccc(-n2c3c(cc(C#N)c2=O)C(=O)CC(C)(C)C3)cc1Cl. The quantitative estimate of drug-likeness (QED) is 0.792. The second-order valence-corrected chi connectivity index (χ2v) is 7.45. The maximum Gasteiger partial charge on any atom is 0.273 e. The van der Waals surface area contributed by atoms with Crippen molar-refractivity contribution in [3.63, 3.8) is 0 Å². The van der Waals surface area contributed by atoms with Crippen LogP contribution in [0.15, 0.2) is 29.1 Å². The normalized spacial score (nSPS) is 15.7. The first-order chi connectivity index (χ1) is 11.2. The van der Waals surface area contributed by atoms with Crippen LogP contribution in [-0.2, 0) is 6.42 Å². The fraction of sp³-hybridized carbons (Fsp3) is 0.316. The minimum absolute atomic E-state index is 0.0292. The number of rotatable bonds is 1. The third kappa shape index (κ3) is 2.65. The third-order valence-corrected chi connectivity index (χ3v) is 4.83. The van der Waals surface area contributed by atoms with Gasteiger partial charge in [0.25, 0.3) is 5.56 Å². The zero-order chi connectivity index (χ0) is 17.6. The average molecular weight is 341 g/mol. The number of nitrogens with zero attached hydrogens (tertiary/aromatic N) is 2. The highest BCUT2D eigenvalue weighted by atomic mass is 35.5. The van der Waals surface area contributed by atoms with E-state index in [0.717, 1.165) is 5.56 Å². The van der Waals surface area contributed by atoms with Gasteiger partial charge >= 0.3 is 0 Å². The minimum atomic E-state index is -0.415. The Morgan fingerprint density at radius 1 is 1.21 bits per heavy atom. The van der Waals surface area contributed by atoms with Crippen LogP contribution in [0.3, 0.4) is 0 Å². The first-order valence-corrected chi connectivity index (χ1v) is 8.10. The molecule has 0 spiro atoms. The van der Waals surface area contributed by atoms with E-state index in [1.54, 1.807) is 12.1 Å². The van der Waals surface area contributed by atoms with Crippen LogP contribution < -0.4 is 5.56 Å². The fourth-order valence-corrected chi connectivity index (χ4v) is 3.36. The molecule has 0 radical (unpaired) electrons. The number of nitriles is 1. The maximum atomic E-state index is 12.8. The second-order valence-electron chi connectivity index (χ2n) is 7.05. The smallest absolute Gasteiger partial charge is 0.273 e. The third-order valence-electron chi connectivity index (χ3n) is 4.42. The lowest BCUT2D eigenvalue weighted by Crippen LogP contribution is -2.35. The molecule has 0 saturated carbocycles.